The van der Waals surface area contributed by atoms with Crippen molar-refractivity contribution in [2.75, 3.05) is 25.4 Å². The van der Waals surface area contributed by atoms with Gasteiger partial charge in [0.15, 0.2) is 5.82 Å². The van der Waals surface area contributed by atoms with E-state index in [4.69, 9.17) is 9.57 Å². The molecule has 182 valence electrons. The van der Waals surface area contributed by atoms with Gasteiger partial charge >= 0.3 is 0 Å². The van der Waals surface area contributed by atoms with Gasteiger partial charge in [0.25, 0.3) is 0 Å². The van der Waals surface area contributed by atoms with Crippen LogP contribution in [0.15, 0.2) is 42.7 Å². The first kappa shape index (κ1) is 24.1. The molecule has 0 spiro atoms. The van der Waals surface area contributed by atoms with Gasteiger partial charge in [-0.3, -0.25) is 9.94 Å². The summed E-state index contributed by atoms with van der Waals surface area (Å²) in [4.78, 5) is 6.14. The number of anilines is 1. The Hall–Kier alpha value is -3.01. The first-order valence-electron chi connectivity index (χ1n) is 11.5. The van der Waals surface area contributed by atoms with Crippen LogP contribution in [-0.4, -0.2) is 62.9 Å². The summed E-state index contributed by atoms with van der Waals surface area (Å²) in [5, 5.41) is 31.9. The van der Waals surface area contributed by atoms with Gasteiger partial charge in [-0.15, -0.1) is 10.2 Å². The van der Waals surface area contributed by atoms with Crippen LogP contribution in [0.4, 0.5) is 5.82 Å². The van der Waals surface area contributed by atoms with E-state index in [1.807, 2.05) is 29.3 Å². The number of piperidine rings is 1. The lowest BCUT2D eigenvalue weighted by atomic mass is 9.79. The van der Waals surface area contributed by atoms with Gasteiger partial charge in [-0.25, -0.2) is 5.06 Å². The van der Waals surface area contributed by atoms with Crippen LogP contribution >= 0.6 is 0 Å². The monoisotopic (exact) mass is 466 g/mol. The topological polar surface area (TPSA) is 108 Å². The molecule has 0 aliphatic carbocycles. The molecule has 1 fully saturated rings. The Kier molecular flexibility index (Phi) is 6.88. The van der Waals surface area contributed by atoms with Crippen molar-refractivity contribution in [3.63, 3.8) is 0 Å². The van der Waals surface area contributed by atoms with E-state index in [0.29, 0.717) is 30.3 Å². The minimum atomic E-state index is -0.0504. The van der Waals surface area contributed by atoms with Crippen LogP contribution < -0.4 is 10.4 Å². The maximum Gasteiger partial charge on any atom is 0.175 e. The molecule has 4 rings (SSSR count). The number of methoxy groups -OCH3 is 1. The molecule has 0 radical (unpaired) electrons. The quantitative estimate of drug-likeness (QED) is 0.338. The van der Waals surface area contributed by atoms with E-state index in [0.717, 1.165) is 24.0 Å². The summed E-state index contributed by atoms with van der Waals surface area (Å²) >= 11 is 0. The molecule has 34 heavy (non-hydrogen) atoms. The highest BCUT2D eigenvalue weighted by atomic mass is 16.7. The molecule has 1 aromatic carbocycles. The fraction of sp³-hybridized carbons (Fsp3) is 0.480. The number of aromatic nitrogens is 4. The van der Waals surface area contributed by atoms with E-state index in [2.05, 4.69) is 53.4 Å². The molecule has 9 nitrogen and oxygen atoms in total. The van der Waals surface area contributed by atoms with Crippen LogP contribution in [0.3, 0.4) is 0 Å². The van der Waals surface area contributed by atoms with Gasteiger partial charge < -0.3 is 15.2 Å². The van der Waals surface area contributed by atoms with Crippen LogP contribution in [0, 0.1) is 0 Å². The number of benzene rings is 1. The Bertz CT molecular complexity index is 1070. The van der Waals surface area contributed by atoms with Crippen molar-refractivity contribution in [3.8, 4) is 28.1 Å². The van der Waals surface area contributed by atoms with Crippen LogP contribution in [0.5, 0.6) is 5.75 Å². The van der Waals surface area contributed by atoms with Gasteiger partial charge in [-0.2, -0.15) is 5.10 Å². The fourth-order valence-corrected chi connectivity index (χ4v) is 4.93. The summed E-state index contributed by atoms with van der Waals surface area (Å²) in [5.41, 5.74) is 2.87. The summed E-state index contributed by atoms with van der Waals surface area (Å²) < 4.78 is 5.19. The van der Waals surface area contributed by atoms with E-state index in [1.165, 1.54) is 0 Å². The number of ether oxygens (including phenoxy) is 1. The number of hydrogen-bond acceptors (Lipinski definition) is 8. The lowest BCUT2D eigenvalue weighted by Gasteiger charge is -2.49. The van der Waals surface area contributed by atoms with Crippen molar-refractivity contribution < 1.29 is 14.7 Å². The second-order valence-electron chi connectivity index (χ2n) is 10.1. The van der Waals surface area contributed by atoms with E-state index in [-0.39, 0.29) is 22.9 Å². The molecule has 0 amide bonds. The maximum absolute atomic E-state index is 10.6. The Labute approximate surface area is 200 Å². The van der Waals surface area contributed by atoms with E-state index >= 15 is 0 Å². The first-order valence-corrected chi connectivity index (χ1v) is 11.5. The standard InChI is InChI=1S/C25H34N6O3/c1-24(2)13-19(14-25(3,4)30-24)31(34-11-10-33-5)23-9-8-21(28-29-23)20-7-6-17(12-22(20)32)18-15-26-27-16-18/h6-9,12,15-16,19,30,32H,10-11,13-14H2,1-5H3,(H,26,27). The predicted molar refractivity (Wildman–Crippen MR) is 131 cm³/mol. The molecule has 3 heterocycles. The average Bonchev–Trinajstić information content (AvgIpc) is 3.30. The second kappa shape index (κ2) is 9.69. The Morgan fingerprint density at radius 3 is 2.38 bits per heavy atom. The van der Waals surface area contributed by atoms with Crippen LogP contribution in [0.25, 0.3) is 22.4 Å². The number of aromatic amines is 1. The normalized spacial score (nSPS) is 17.6. The van der Waals surface area contributed by atoms with Crippen LogP contribution in [0.2, 0.25) is 0 Å². The Morgan fingerprint density at radius 2 is 1.79 bits per heavy atom. The van der Waals surface area contributed by atoms with Crippen LogP contribution in [-0.2, 0) is 9.57 Å². The molecule has 0 saturated carbocycles. The molecular formula is C25H34N6O3. The van der Waals surface area contributed by atoms with Gasteiger partial charge in [-0.05, 0) is 70.4 Å². The van der Waals surface area contributed by atoms with Crippen LogP contribution in [0.1, 0.15) is 40.5 Å². The molecule has 0 bridgehead atoms. The molecule has 1 saturated heterocycles. The largest absolute Gasteiger partial charge is 0.507 e. The molecule has 9 heteroatoms. The lowest BCUT2D eigenvalue weighted by Crippen LogP contribution is -2.62. The minimum Gasteiger partial charge on any atom is -0.507 e. The number of hydroxylamine groups is 1. The third kappa shape index (κ3) is 5.55. The summed E-state index contributed by atoms with van der Waals surface area (Å²) in [6.07, 6.45) is 5.28. The summed E-state index contributed by atoms with van der Waals surface area (Å²) in [7, 11) is 1.66. The number of aromatic hydroxyl groups is 1. The molecule has 1 aliphatic heterocycles. The predicted octanol–water partition coefficient (Wildman–Crippen LogP) is 3.93. The average molecular weight is 467 g/mol. The number of nitrogens with zero attached hydrogens (tertiary/aromatic N) is 4. The summed E-state index contributed by atoms with van der Waals surface area (Å²) in [6, 6.07) is 9.33. The fourth-order valence-electron chi connectivity index (χ4n) is 4.93. The summed E-state index contributed by atoms with van der Waals surface area (Å²) in [6.45, 7) is 9.73. The van der Waals surface area contributed by atoms with Crippen molar-refractivity contribution in [2.45, 2.75) is 57.7 Å². The Morgan fingerprint density at radius 1 is 1.03 bits per heavy atom. The number of rotatable bonds is 8. The first-order chi connectivity index (χ1) is 16.2. The van der Waals surface area contributed by atoms with Gasteiger partial charge in [0, 0.05) is 35.5 Å². The van der Waals surface area contributed by atoms with Crippen molar-refractivity contribution in [1.29, 1.82) is 0 Å². The number of phenols is 1. The maximum atomic E-state index is 10.6. The van der Waals surface area contributed by atoms with E-state index in [1.54, 1.807) is 25.6 Å². The highest BCUT2D eigenvalue weighted by Gasteiger charge is 2.41. The van der Waals surface area contributed by atoms with Gasteiger partial charge in [0.05, 0.1) is 31.1 Å². The molecule has 1 aliphatic rings. The number of H-pyrrole nitrogens is 1. The zero-order valence-corrected chi connectivity index (χ0v) is 20.5. The number of hydrogen-bond donors (Lipinski definition) is 3. The van der Waals surface area contributed by atoms with Crippen molar-refractivity contribution in [1.82, 2.24) is 25.7 Å². The smallest absolute Gasteiger partial charge is 0.175 e. The minimum absolute atomic E-state index is 0.0504. The lowest BCUT2D eigenvalue weighted by molar-refractivity contribution is 0.0171. The summed E-state index contributed by atoms with van der Waals surface area (Å²) in [5.74, 6) is 0.767. The van der Waals surface area contributed by atoms with Crippen molar-refractivity contribution in [3.05, 3.63) is 42.7 Å². The highest BCUT2D eigenvalue weighted by molar-refractivity contribution is 5.73. The zero-order chi connectivity index (χ0) is 24.3. The molecule has 0 unspecified atom stereocenters. The Balaban J connectivity index is 1.59. The molecule has 0 atom stereocenters. The third-order valence-electron chi connectivity index (χ3n) is 6.00. The molecule has 2 aromatic heterocycles. The number of nitrogens with one attached hydrogen (secondary N) is 2. The van der Waals surface area contributed by atoms with E-state index < -0.39 is 0 Å². The molecule has 3 N–H and O–H groups in total. The highest BCUT2D eigenvalue weighted by Crippen LogP contribution is 2.35. The molecule has 3 aromatic rings. The van der Waals surface area contributed by atoms with Crippen molar-refractivity contribution in [2.24, 2.45) is 0 Å². The number of phenolic OH excluding ortho intramolecular Hbond substituents is 1. The van der Waals surface area contributed by atoms with Gasteiger partial charge in [-0.1, -0.05) is 6.07 Å². The van der Waals surface area contributed by atoms with Crippen molar-refractivity contribution >= 4 is 5.82 Å². The second-order valence-corrected chi connectivity index (χ2v) is 10.1. The van der Waals surface area contributed by atoms with Gasteiger partial charge in [0.2, 0.25) is 0 Å². The zero-order valence-electron chi connectivity index (χ0n) is 20.5. The van der Waals surface area contributed by atoms with E-state index in [9.17, 15) is 5.11 Å². The third-order valence-corrected chi connectivity index (χ3v) is 6.00. The van der Waals surface area contributed by atoms with Gasteiger partial charge in [0.1, 0.15) is 5.75 Å². The SMILES string of the molecule is COCCON(c1ccc(-c2ccc(-c3cn[nH]c3)cc2O)nn1)C1CC(C)(C)NC(C)(C)C1. The molecular weight excluding hydrogens is 432 g/mol.